The lowest BCUT2D eigenvalue weighted by Crippen LogP contribution is -3.13. The van der Waals surface area contributed by atoms with Gasteiger partial charge in [-0.1, -0.05) is 32.1 Å². The van der Waals surface area contributed by atoms with Gasteiger partial charge in [-0.3, -0.25) is 0 Å². The number of carbonyl (C=O) groups is 1. The Morgan fingerprint density at radius 2 is 1.60 bits per heavy atom. The van der Waals surface area contributed by atoms with Crippen molar-refractivity contribution in [2.24, 2.45) is 0 Å². The Kier molecular flexibility index (Phi) is 9.67. The fraction of sp³-hybridized carbons (Fsp3) is 0.938. The molecule has 4 nitrogen and oxygen atoms in total. The molecule has 0 saturated carbocycles. The third-order valence-corrected chi connectivity index (χ3v) is 4.25. The number of carboxylic acid groups (broad SMARTS) is 1. The van der Waals surface area contributed by atoms with Crippen LogP contribution in [0.25, 0.3) is 0 Å². The Labute approximate surface area is 123 Å². The lowest BCUT2D eigenvalue weighted by Gasteiger charge is -2.25. The van der Waals surface area contributed by atoms with Crippen LogP contribution in [0.2, 0.25) is 0 Å². The molecule has 1 fully saturated rings. The van der Waals surface area contributed by atoms with Gasteiger partial charge in [0.05, 0.1) is 13.1 Å². The highest BCUT2D eigenvalue weighted by Gasteiger charge is 2.17. The minimum absolute atomic E-state index is 0.138. The second-order valence-corrected chi connectivity index (χ2v) is 6.20. The SMILES string of the molecule is O=C([O-])CCCCCCCC[C@@H](O)C[NH+]1CCCCC1. The fourth-order valence-electron chi connectivity index (χ4n) is 3.05. The van der Waals surface area contributed by atoms with E-state index in [2.05, 4.69) is 0 Å². The summed E-state index contributed by atoms with van der Waals surface area (Å²) in [7, 11) is 0. The first-order valence-electron chi connectivity index (χ1n) is 8.40. The van der Waals surface area contributed by atoms with Gasteiger partial charge in [0.2, 0.25) is 0 Å². The number of carboxylic acids is 1. The number of aliphatic hydroxyl groups is 1. The minimum atomic E-state index is -0.937. The Morgan fingerprint density at radius 3 is 2.25 bits per heavy atom. The number of nitrogens with one attached hydrogen (secondary N) is 1. The fourth-order valence-corrected chi connectivity index (χ4v) is 3.05. The molecular weight excluding hydrogens is 254 g/mol. The highest BCUT2D eigenvalue weighted by Crippen LogP contribution is 2.09. The molecule has 0 unspecified atom stereocenters. The van der Waals surface area contributed by atoms with Crippen LogP contribution < -0.4 is 10.0 Å². The van der Waals surface area contributed by atoms with Crippen LogP contribution in [-0.4, -0.2) is 36.8 Å². The van der Waals surface area contributed by atoms with E-state index in [1.165, 1.54) is 32.4 Å². The Hall–Kier alpha value is -0.610. The van der Waals surface area contributed by atoms with E-state index in [1.54, 1.807) is 4.90 Å². The molecule has 1 heterocycles. The zero-order valence-electron chi connectivity index (χ0n) is 12.7. The summed E-state index contributed by atoms with van der Waals surface area (Å²) < 4.78 is 0. The van der Waals surface area contributed by atoms with E-state index in [0.717, 1.165) is 51.5 Å². The van der Waals surface area contributed by atoms with Gasteiger partial charge in [0.25, 0.3) is 0 Å². The van der Waals surface area contributed by atoms with E-state index < -0.39 is 5.97 Å². The number of unbranched alkanes of at least 4 members (excludes halogenated alkanes) is 5. The summed E-state index contributed by atoms with van der Waals surface area (Å²) in [6, 6.07) is 0. The summed E-state index contributed by atoms with van der Waals surface area (Å²) in [5.41, 5.74) is 0. The number of carbonyl (C=O) groups excluding carboxylic acids is 1. The van der Waals surface area contributed by atoms with Crippen LogP contribution in [0.1, 0.15) is 70.6 Å². The van der Waals surface area contributed by atoms with Crippen LogP contribution >= 0.6 is 0 Å². The molecule has 0 amide bonds. The number of aliphatic hydroxyl groups excluding tert-OH is 1. The van der Waals surface area contributed by atoms with Gasteiger partial charge in [-0.05, 0) is 38.5 Å². The van der Waals surface area contributed by atoms with Crippen LogP contribution in [0.15, 0.2) is 0 Å². The Balaban J connectivity index is 1.86. The number of aliphatic carboxylic acids is 1. The molecule has 0 aromatic heterocycles. The van der Waals surface area contributed by atoms with Crippen molar-refractivity contribution in [2.75, 3.05) is 19.6 Å². The molecule has 0 spiro atoms. The monoisotopic (exact) mass is 285 g/mol. The highest BCUT2D eigenvalue weighted by molar-refractivity contribution is 5.63. The largest absolute Gasteiger partial charge is 0.550 e. The molecule has 1 saturated heterocycles. The summed E-state index contributed by atoms with van der Waals surface area (Å²) in [6.07, 6.45) is 11.2. The van der Waals surface area contributed by atoms with Crippen molar-refractivity contribution in [3.05, 3.63) is 0 Å². The second kappa shape index (κ2) is 11.1. The van der Waals surface area contributed by atoms with E-state index in [-0.39, 0.29) is 12.5 Å². The second-order valence-electron chi connectivity index (χ2n) is 6.20. The number of piperidine rings is 1. The average molecular weight is 285 g/mol. The first-order valence-corrected chi connectivity index (χ1v) is 8.40. The zero-order valence-corrected chi connectivity index (χ0v) is 12.7. The van der Waals surface area contributed by atoms with Crippen molar-refractivity contribution >= 4 is 5.97 Å². The molecule has 2 N–H and O–H groups in total. The van der Waals surface area contributed by atoms with E-state index in [9.17, 15) is 15.0 Å². The third-order valence-electron chi connectivity index (χ3n) is 4.25. The quantitative estimate of drug-likeness (QED) is 0.536. The number of quaternary nitrogens is 1. The van der Waals surface area contributed by atoms with Crippen molar-refractivity contribution in [1.29, 1.82) is 0 Å². The molecule has 118 valence electrons. The summed E-state index contributed by atoms with van der Waals surface area (Å²) in [4.78, 5) is 11.8. The molecule has 20 heavy (non-hydrogen) atoms. The van der Waals surface area contributed by atoms with Gasteiger partial charge in [0, 0.05) is 5.97 Å². The van der Waals surface area contributed by atoms with Gasteiger partial charge in [-0.15, -0.1) is 0 Å². The minimum Gasteiger partial charge on any atom is -0.550 e. The van der Waals surface area contributed by atoms with Crippen molar-refractivity contribution in [2.45, 2.75) is 76.7 Å². The predicted octanol–water partition coefficient (Wildman–Crippen LogP) is 0.287. The first kappa shape index (κ1) is 17.4. The average Bonchev–Trinajstić information content (AvgIpc) is 2.42. The molecule has 1 rings (SSSR count). The maximum Gasteiger partial charge on any atom is 0.103 e. The Morgan fingerprint density at radius 1 is 1.00 bits per heavy atom. The molecule has 4 heteroatoms. The van der Waals surface area contributed by atoms with Gasteiger partial charge in [0.1, 0.15) is 12.6 Å². The highest BCUT2D eigenvalue weighted by atomic mass is 16.4. The molecule has 0 aromatic rings. The van der Waals surface area contributed by atoms with E-state index in [4.69, 9.17) is 0 Å². The van der Waals surface area contributed by atoms with Gasteiger partial charge in [0.15, 0.2) is 0 Å². The molecule has 0 aliphatic carbocycles. The van der Waals surface area contributed by atoms with Crippen LogP contribution in [0.3, 0.4) is 0 Å². The summed E-state index contributed by atoms with van der Waals surface area (Å²) in [5.74, 6) is -0.937. The van der Waals surface area contributed by atoms with Crippen LogP contribution in [-0.2, 0) is 4.79 Å². The van der Waals surface area contributed by atoms with Gasteiger partial charge >= 0.3 is 0 Å². The predicted molar refractivity (Wildman–Crippen MR) is 77.4 cm³/mol. The van der Waals surface area contributed by atoms with Crippen molar-refractivity contribution in [3.8, 4) is 0 Å². The van der Waals surface area contributed by atoms with Crippen LogP contribution in [0, 0.1) is 0 Å². The summed E-state index contributed by atoms with van der Waals surface area (Å²) in [6.45, 7) is 3.39. The lowest BCUT2D eigenvalue weighted by molar-refractivity contribution is -0.908. The lowest BCUT2D eigenvalue weighted by atomic mass is 10.0. The molecule has 0 radical (unpaired) electrons. The van der Waals surface area contributed by atoms with Crippen molar-refractivity contribution in [1.82, 2.24) is 0 Å². The normalized spacial score (nSPS) is 18.1. The van der Waals surface area contributed by atoms with Crippen LogP contribution in [0.5, 0.6) is 0 Å². The van der Waals surface area contributed by atoms with Crippen molar-refractivity contribution in [3.63, 3.8) is 0 Å². The van der Waals surface area contributed by atoms with Crippen molar-refractivity contribution < 1.29 is 19.9 Å². The van der Waals surface area contributed by atoms with E-state index in [0.29, 0.717) is 0 Å². The summed E-state index contributed by atoms with van der Waals surface area (Å²) in [5, 5.41) is 20.2. The number of hydrogen-bond donors (Lipinski definition) is 2. The molecular formula is C16H31NO3. The molecule has 1 aliphatic heterocycles. The number of hydrogen-bond acceptors (Lipinski definition) is 3. The van der Waals surface area contributed by atoms with E-state index in [1.807, 2.05) is 0 Å². The molecule has 0 bridgehead atoms. The number of likely N-dealkylation sites (tertiary alicyclic amines) is 1. The molecule has 1 aliphatic rings. The zero-order chi connectivity index (χ0) is 14.6. The number of rotatable bonds is 11. The maximum absolute atomic E-state index is 10.2. The van der Waals surface area contributed by atoms with Gasteiger partial charge in [-0.2, -0.15) is 0 Å². The summed E-state index contributed by atoms with van der Waals surface area (Å²) >= 11 is 0. The third kappa shape index (κ3) is 9.32. The van der Waals surface area contributed by atoms with Gasteiger partial charge in [-0.25, -0.2) is 0 Å². The standard InChI is InChI=1S/C16H31NO3/c18-15(14-17-12-8-5-9-13-17)10-6-3-1-2-4-7-11-16(19)20/h15,18H,1-14H2,(H,19,20)/t15-/m1/s1. The van der Waals surface area contributed by atoms with E-state index >= 15 is 0 Å². The maximum atomic E-state index is 10.2. The van der Waals surface area contributed by atoms with Crippen LogP contribution in [0.4, 0.5) is 0 Å². The molecule has 0 aromatic carbocycles. The topological polar surface area (TPSA) is 64.8 Å². The smallest absolute Gasteiger partial charge is 0.103 e. The Bertz CT molecular complexity index is 252. The van der Waals surface area contributed by atoms with Gasteiger partial charge < -0.3 is 19.9 Å². The first-order chi connectivity index (χ1) is 9.68. The molecule has 1 atom stereocenters.